The highest BCUT2D eigenvalue weighted by Gasteiger charge is 2.44. The van der Waals surface area contributed by atoms with Gasteiger partial charge in [0, 0.05) is 47.8 Å². The SMILES string of the molecule is Brc1ccc(CN2CC3CC2CN3c2ncnc3ccccc23)nc1. The summed E-state index contributed by atoms with van der Waals surface area (Å²) in [6.45, 7) is 3.02. The molecule has 2 fully saturated rings. The van der Waals surface area contributed by atoms with Crippen LogP contribution in [0.4, 0.5) is 5.82 Å². The molecule has 6 heteroatoms. The topological polar surface area (TPSA) is 45.2 Å². The molecule has 2 saturated heterocycles. The van der Waals surface area contributed by atoms with Crippen molar-refractivity contribution in [1.82, 2.24) is 19.9 Å². The molecule has 2 bridgehead atoms. The summed E-state index contributed by atoms with van der Waals surface area (Å²) in [5.74, 6) is 1.08. The van der Waals surface area contributed by atoms with Crippen molar-refractivity contribution < 1.29 is 0 Å². The van der Waals surface area contributed by atoms with Crippen molar-refractivity contribution in [2.75, 3.05) is 18.0 Å². The van der Waals surface area contributed by atoms with Crippen LogP contribution in [0.1, 0.15) is 12.1 Å². The molecule has 0 N–H and O–H groups in total. The Kier molecular flexibility index (Phi) is 3.68. The van der Waals surface area contributed by atoms with Gasteiger partial charge in [-0.1, -0.05) is 12.1 Å². The lowest BCUT2D eigenvalue weighted by Gasteiger charge is -2.35. The van der Waals surface area contributed by atoms with Crippen LogP contribution in [0.2, 0.25) is 0 Å². The first-order valence-electron chi connectivity index (χ1n) is 8.59. The number of anilines is 1. The minimum atomic E-state index is 0.527. The fraction of sp³-hybridized carbons (Fsp3) is 0.316. The number of halogens is 1. The van der Waals surface area contributed by atoms with Crippen molar-refractivity contribution in [2.45, 2.75) is 25.0 Å². The molecule has 2 atom stereocenters. The van der Waals surface area contributed by atoms with Gasteiger partial charge in [0.2, 0.25) is 0 Å². The van der Waals surface area contributed by atoms with Gasteiger partial charge in [-0.15, -0.1) is 0 Å². The minimum absolute atomic E-state index is 0.527. The third-order valence-corrected chi connectivity index (χ3v) is 5.77. The lowest BCUT2D eigenvalue weighted by molar-refractivity contribution is 0.227. The highest BCUT2D eigenvalue weighted by Crippen LogP contribution is 2.36. The number of piperazine rings is 1. The summed E-state index contributed by atoms with van der Waals surface area (Å²) in [7, 11) is 0. The molecule has 2 aliphatic heterocycles. The highest BCUT2D eigenvalue weighted by molar-refractivity contribution is 9.10. The van der Waals surface area contributed by atoms with Crippen LogP contribution in [0.5, 0.6) is 0 Å². The number of aromatic nitrogens is 3. The highest BCUT2D eigenvalue weighted by atomic mass is 79.9. The number of hydrogen-bond donors (Lipinski definition) is 0. The maximum Gasteiger partial charge on any atom is 0.140 e. The van der Waals surface area contributed by atoms with Gasteiger partial charge in [-0.2, -0.15) is 0 Å². The summed E-state index contributed by atoms with van der Waals surface area (Å²) < 4.78 is 1.03. The Balaban J connectivity index is 1.36. The Bertz CT molecular complexity index is 908. The predicted octanol–water partition coefficient (Wildman–Crippen LogP) is 3.25. The van der Waals surface area contributed by atoms with Crippen molar-refractivity contribution in [3.05, 3.63) is 59.1 Å². The summed E-state index contributed by atoms with van der Waals surface area (Å²) in [5.41, 5.74) is 2.15. The zero-order chi connectivity index (χ0) is 16.8. The maximum atomic E-state index is 4.61. The molecule has 5 nitrogen and oxygen atoms in total. The van der Waals surface area contributed by atoms with Crippen LogP contribution in [0.15, 0.2) is 53.4 Å². The van der Waals surface area contributed by atoms with Crippen molar-refractivity contribution in [3.8, 4) is 0 Å². The molecule has 2 unspecified atom stereocenters. The van der Waals surface area contributed by atoms with Crippen LogP contribution in [0.3, 0.4) is 0 Å². The Morgan fingerprint density at radius 2 is 1.92 bits per heavy atom. The number of likely N-dealkylation sites (tertiary alicyclic amines) is 1. The number of nitrogens with zero attached hydrogens (tertiary/aromatic N) is 5. The second kappa shape index (κ2) is 6.04. The van der Waals surface area contributed by atoms with Gasteiger partial charge in [0.05, 0.1) is 11.2 Å². The molecule has 4 heterocycles. The summed E-state index contributed by atoms with van der Waals surface area (Å²) >= 11 is 3.45. The van der Waals surface area contributed by atoms with Crippen molar-refractivity contribution in [2.24, 2.45) is 0 Å². The number of benzene rings is 1. The van der Waals surface area contributed by atoms with E-state index in [-0.39, 0.29) is 0 Å². The molecule has 0 spiro atoms. The monoisotopic (exact) mass is 395 g/mol. The second-order valence-electron chi connectivity index (χ2n) is 6.81. The molecule has 0 radical (unpaired) electrons. The first kappa shape index (κ1) is 15.2. The lowest BCUT2D eigenvalue weighted by Crippen LogP contribution is -2.46. The average Bonchev–Trinajstić information content (AvgIpc) is 3.23. The Morgan fingerprint density at radius 1 is 1.00 bits per heavy atom. The fourth-order valence-corrected chi connectivity index (χ4v) is 4.36. The van der Waals surface area contributed by atoms with Crippen LogP contribution in [0.25, 0.3) is 10.9 Å². The average molecular weight is 396 g/mol. The third-order valence-electron chi connectivity index (χ3n) is 5.30. The molecule has 25 heavy (non-hydrogen) atoms. The van der Waals surface area contributed by atoms with E-state index in [0.29, 0.717) is 12.1 Å². The van der Waals surface area contributed by atoms with Crippen LogP contribution >= 0.6 is 15.9 Å². The molecule has 0 aliphatic carbocycles. The lowest BCUT2D eigenvalue weighted by atomic mass is 10.2. The molecular weight excluding hydrogens is 378 g/mol. The van der Waals surface area contributed by atoms with Crippen LogP contribution in [-0.4, -0.2) is 45.0 Å². The van der Waals surface area contributed by atoms with Gasteiger partial charge in [0.15, 0.2) is 0 Å². The molecule has 5 rings (SSSR count). The van der Waals surface area contributed by atoms with Crippen LogP contribution in [-0.2, 0) is 6.54 Å². The number of rotatable bonds is 3. The van der Waals surface area contributed by atoms with Crippen molar-refractivity contribution >= 4 is 32.7 Å². The molecule has 2 aromatic heterocycles. The standard InChI is InChI=1S/C19H18BrN5/c20-13-5-6-14(21-8-13)9-24-10-16-7-15(24)11-25(16)19-17-3-1-2-4-18(17)22-12-23-19/h1-6,8,12,15-16H,7,9-11H2. The van der Waals surface area contributed by atoms with E-state index in [1.54, 1.807) is 6.33 Å². The Morgan fingerprint density at radius 3 is 2.72 bits per heavy atom. The summed E-state index contributed by atoms with van der Waals surface area (Å²) in [6.07, 6.45) is 4.77. The van der Waals surface area contributed by atoms with Crippen LogP contribution < -0.4 is 4.90 Å². The van der Waals surface area contributed by atoms with Gasteiger partial charge in [-0.05, 0) is 46.6 Å². The first-order chi connectivity index (χ1) is 12.3. The normalized spacial score (nSPS) is 22.8. The number of hydrogen-bond acceptors (Lipinski definition) is 5. The second-order valence-corrected chi connectivity index (χ2v) is 7.72. The first-order valence-corrected chi connectivity index (χ1v) is 9.38. The molecule has 1 aromatic carbocycles. The predicted molar refractivity (Wildman–Crippen MR) is 101 cm³/mol. The molecule has 126 valence electrons. The smallest absolute Gasteiger partial charge is 0.140 e. The molecule has 0 saturated carbocycles. The number of para-hydroxylation sites is 1. The van der Waals surface area contributed by atoms with Crippen molar-refractivity contribution in [3.63, 3.8) is 0 Å². The quantitative estimate of drug-likeness (QED) is 0.680. The van der Waals surface area contributed by atoms with E-state index < -0.39 is 0 Å². The van der Waals surface area contributed by atoms with E-state index in [9.17, 15) is 0 Å². The van der Waals surface area contributed by atoms with Gasteiger partial charge >= 0.3 is 0 Å². The van der Waals surface area contributed by atoms with Gasteiger partial charge < -0.3 is 4.90 Å². The summed E-state index contributed by atoms with van der Waals surface area (Å²) in [4.78, 5) is 18.5. The molecule has 0 amide bonds. The van der Waals surface area contributed by atoms with E-state index in [1.165, 1.54) is 6.42 Å². The van der Waals surface area contributed by atoms with E-state index in [2.05, 4.69) is 71.0 Å². The summed E-state index contributed by atoms with van der Waals surface area (Å²) in [6, 6.07) is 13.5. The fourth-order valence-electron chi connectivity index (χ4n) is 4.13. The van der Waals surface area contributed by atoms with E-state index in [1.807, 2.05) is 12.3 Å². The maximum absolute atomic E-state index is 4.61. The number of pyridine rings is 1. The van der Waals surface area contributed by atoms with E-state index in [0.717, 1.165) is 46.5 Å². The zero-order valence-corrected chi connectivity index (χ0v) is 15.3. The third kappa shape index (κ3) is 2.69. The van der Waals surface area contributed by atoms with Gasteiger partial charge in [-0.25, -0.2) is 9.97 Å². The van der Waals surface area contributed by atoms with Gasteiger partial charge in [0.25, 0.3) is 0 Å². The van der Waals surface area contributed by atoms with Crippen molar-refractivity contribution in [1.29, 1.82) is 0 Å². The summed E-state index contributed by atoms with van der Waals surface area (Å²) in [5, 5.41) is 1.15. The van der Waals surface area contributed by atoms with E-state index in [4.69, 9.17) is 0 Å². The molecule has 2 aliphatic rings. The Labute approximate surface area is 154 Å². The zero-order valence-electron chi connectivity index (χ0n) is 13.7. The van der Waals surface area contributed by atoms with E-state index >= 15 is 0 Å². The van der Waals surface area contributed by atoms with Crippen LogP contribution in [0, 0.1) is 0 Å². The minimum Gasteiger partial charge on any atom is -0.350 e. The molecule has 3 aromatic rings. The molecular formula is C19H18BrN5. The van der Waals surface area contributed by atoms with Gasteiger partial charge in [0.1, 0.15) is 12.1 Å². The largest absolute Gasteiger partial charge is 0.350 e. The van der Waals surface area contributed by atoms with Gasteiger partial charge in [-0.3, -0.25) is 9.88 Å². The number of fused-ring (bicyclic) bond motifs is 3. The Hall–Kier alpha value is -2.05.